The van der Waals surface area contributed by atoms with Crippen LogP contribution in [0.3, 0.4) is 0 Å². The van der Waals surface area contributed by atoms with Gasteiger partial charge in [-0.3, -0.25) is 4.79 Å². The Balaban J connectivity index is 2.45. The highest BCUT2D eigenvalue weighted by Crippen LogP contribution is 2.41. The number of fused-ring (bicyclic) bond motifs is 1. The third kappa shape index (κ3) is 2.89. The SMILES string of the molecule is CCC(C)Oc1cc(OC)c2c(c1)OC(C)(C)CC2=O. The number of hydrogen-bond donors (Lipinski definition) is 0. The van der Waals surface area contributed by atoms with Crippen LogP contribution in [0.4, 0.5) is 0 Å². The van der Waals surface area contributed by atoms with Crippen molar-refractivity contribution in [1.29, 1.82) is 0 Å². The molecule has 1 aromatic carbocycles. The molecule has 0 bridgehead atoms. The lowest BCUT2D eigenvalue weighted by Gasteiger charge is -2.32. The molecular formula is C16H22O4. The van der Waals surface area contributed by atoms with Crippen molar-refractivity contribution in [3.63, 3.8) is 0 Å². The van der Waals surface area contributed by atoms with E-state index in [4.69, 9.17) is 14.2 Å². The monoisotopic (exact) mass is 278 g/mol. The molecule has 0 fully saturated rings. The largest absolute Gasteiger partial charge is 0.496 e. The van der Waals surface area contributed by atoms with Crippen molar-refractivity contribution in [3.8, 4) is 17.2 Å². The van der Waals surface area contributed by atoms with Gasteiger partial charge < -0.3 is 14.2 Å². The maximum atomic E-state index is 12.3. The van der Waals surface area contributed by atoms with Gasteiger partial charge in [-0.2, -0.15) is 0 Å². The number of hydrogen-bond acceptors (Lipinski definition) is 4. The van der Waals surface area contributed by atoms with E-state index in [0.29, 0.717) is 29.2 Å². The summed E-state index contributed by atoms with van der Waals surface area (Å²) in [6, 6.07) is 3.54. The predicted octanol–water partition coefficient (Wildman–Crippen LogP) is 3.62. The van der Waals surface area contributed by atoms with Crippen LogP contribution in [0.1, 0.15) is 50.9 Å². The second kappa shape index (κ2) is 5.35. The van der Waals surface area contributed by atoms with Crippen molar-refractivity contribution >= 4 is 5.78 Å². The van der Waals surface area contributed by atoms with Crippen molar-refractivity contribution in [3.05, 3.63) is 17.7 Å². The van der Waals surface area contributed by atoms with E-state index in [1.807, 2.05) is 20.8 Å². The Morgan fingerprint density at radius 3 is 2.70 bits per heavy atom. The molecule has 0 spiro atoms. The molecule has 1 heterocycles. The molecule has 110 valence electrons. The smallest absolute Gasteiger partial charge is 0.174 e. The van der Waals surface area contributed by atoms with Gasteiger partial charge in [-0.05, 0) is 27.2 Å². The molecule has 1 atom stereocenters. The number of carbonyl (C=O) groups is 1. The summed E-state index contributed by atoms with van der Waals surface area (Å²) in [6.07, 6.45) is 1.36. The Bertz CT molecular complexity index is 519. The lowest BCUT2D eigenvalue weighted by atomic mass is 9.92. The van der Waals surface area contributed by atoms with Gasteiger partial charge in [0.05, 0.1) is 19.6 Å². The minimum atomic E-state index is -0.496. The summed E-state index contributed by atoms with van der Waals surface area (Å²) >= 11 is 0. The first-order chi connectivity index (χ1) is 9.36. The zero-order valence-electron chi connectivity index (χ0n) is 12.8. The van der Waals surface area contributed by atoms with Gasteiger partial charge in [0.2, 0.25) is 0 Å². The van der Waals surface area contributed by atoms with Crippen molar-refractivity contribution in [2.24, 2.45) is 0 Å². The number of methoxy groups -OCH3 is 1. The van der Waals surface area contributed by atoms with Crippen LogP contribution in [-0.2, 0) is 0 Å². The minimum absolute atomic E-state index is 0.0446. The van der Waals surface area contributed by atoms with Crippen LogP contribution < -0.4 is 14.2 Å². The summed E-state index contributed by atoms with van der Waals surface area (Å²) in [5.41, 5.74) is 0.0210. The fourth-order valence-corrected chi connectivity index (χ4v) is 2.27. The highest BCUT2D eigenvalue weighted by molar-refractivity contribution is 6.03. The molecule has 0 radical (unpaired) electrons. The molecule has 0 aliphatic carbocycles. The highest BCUT2D eigenvalue weighted by Gasteiger charge is 2.35. The fourth-order valence-electron chi connectivity index (χ4n) is 2.27. The van der Waals surface area contributed by atoms with E-state index in [2.05, 4.69) is 6.92 Å². The second-order valence-corrected chi connectivity index (χ2v) is 5.80. The van der Waals surface area contributed by atoms with Gasteiger partial charge in [-0.1, -0.05) is 6.92 Å². The maximum absolute atomic E-state index is 12.3. The highest BCUT2D eigenvalue weighted by atomic mass is 16.5. The number of Topliss-reactive ketones (excluding diaryl/α,β-unsaturated/α-hetero) is 1. The third-order valence-electron chi connectivity index (χ3n) is 3.42. The van der Waals surface area contributed by atoms with E-state index in [0.717, 1.165) is 6.42 Å². The van der Waals surface area contributed by atoms with Crippen LogP contribution in [0, 0.1) is 0 Å². The Morgan fingerprint density at radius 1 is 1.40 bits per heavy atom. The summed E-state index contributed by atoms with van der Waals surface area (Å²) in [4.78, 5) is 12.3. The first-order valence-electron chi connectivity index (χ1n) is 6.97. The van der Waals surface area contributed by atoms with Crippen LogP contribution in [0.2, 0.25) is 0 Å². The lowest BCUT2D eigenvalue weighted by Crippen LogP contribution is -2.36. The van der Waals surface area contributed by atoms with Crippen molar-refractivity contribution in [1.82, 2.24) is 0 Å². The molecule has 0 N–H and O–H groups in total. The predicted molar refractivity (Wildman–Crippen MR) is 77.0 cm³/mol. The van der Waals surface area contributed by atoms with Gasteiger partial charge in [-0.25, -0.2) is 0 Å². The normalized spacial score (nSPS) is 17.9. The minimum Gasteiger partial charge on any atom is -0.496 e. The number of carbonyl (C=O) groups excluding carboxylic acids is 1. The standard InChI is InChI=1S/C16H22O4/c1-6-10(2)19-11-7-13(18-5)15-12(17)9-16(3,4)20-14(15)8-11/h7-8,10H,6,9H2,1-5H3. The zero-order valence-corrected chi connectivity index (χ0v) is 12.8. The Kier molecular flexibility index (Phi) is 3.93. The molecule has 1 aliphatic heterocycles. The Hall–Kier alpha value is -1.71. The lowest BCUT2D eigenvalue weighted by molar-refractivity contribution is 0.0611. The molecule has 4 nitrogen and oxygen atoms in total. The average Bonchev–Trinajstić information content (AvgIpc) is 2.35. The molecule has 0 aromatic heterocycles. The van der Waals surface area contributed by atoms with E-state index in [1.54, 1.807) is 19.2 Å². The third-order valence-corrected chi connectivity index (χ3v) is 3.42. The molecule has 1 aromatic rings. The first-order valence-corrected chi connectivity index (χ1v) is 6.97. The second-order valence-electron chi connectivity index (χ2n) is 5.80. The zero-order chi connectivity index (χ0) is 14.9. The molecule has 4 heteroatoms. The van der Waals surface area contributed by atoms with Gasteiger partial charge >= 0.3 is 0 Å². The van der Waals surface area contributed by atoms with Crippen LogP contribution in [0.15, 0.2) is 12.1 Å². The molecule has 1 unspecified atom stereocenters. The van der Waals surface area contributed by atoms with E-state index in [9.17, 15) is 4.79 Å². The van der Waals surface area contributed by atoms with Crippen LogP contribution in [0.5, 0.6) is 17.2 Å². The molecular weight excluding hydrogens is 256 g/mol. The molecule has 2 rings (SSSR count). The summed E-state index contributed by atoms with van der Waals surface area (Å²) < 4.78 is 17.0. The van der Waals surface area contributed by atoms with E-state index < -0.39 is 5.60 Å². The number of ketones is 1. The van der Waals surface area contributed by atoms with Gasteiger partial charge in [-0.15, -0.1) is 0 Å². The van der Waals surface area contributed by atoms with Crippen LogP contribution in [-0.4, -0.2) is 24.6 Å². The Labute approximate surface area is 120 Å². The van der Waals surface area contributed by atoms with Gasteiger partial charge in [0.1, 0.15) is 28.4 Å². The molecule has 20 heavy (non-hydrogen) atoms. The summed E-state index contributed by atoms with van der Waals surface area (Å²) in [5, 5.41) is 0. The van der Waals surface area contributed by atoms with Crippen molar-refractivity contribution in [2.45, 2.75) is 52.2 Å². The van der Waals surface area contributed by atoms with Gasteiger partial charge in [0.25, 0.3) is 0 Å². The summed E-state index contributed by atoms with van der Waals surface area (Å²) in [6.45, 7) is 7.87. The summed E-state index contributed by atoms with van der Waals surface area (Å²) in [7, 11) is 1.55. The van der Waals surface area contributed by atoms with Crippen molar-refractivity contribution in [2.75, 3.05) is 7.11 Å². The van der Waals surface area contributed by atoms with E-state index >= 15 is 0 Å². The van der Waals surface area contributed by atoms with Crippen molar-refractivity contribution < 1.29 is 19.0 Å². The average molecular weight is 278 g/mol. The van der Waals surface area contributed by atoms with E-state index in [1.165, 1.54) is 0 Å². The molecule has 0 saturated heterocycles. The maximum Gasteiger partial charge on any atom is 0.174 e. The van der Waals surface area contributed by atoms with Crippen LogP contribution >= 0.6 is 0 Å². The topological polar surface area (TPSA) is 44.8 Å². The van der Waals surface area contributed by atoms with E-state index in [-0.39, 0.29) is 11.9 Å². The molecule has 1 aliphatic rings. The first kappa shape index (κ1) is 14.7. The Morgan fingerprint density at radius 2 is 2.10 bits per heavy atom. The number of ether oxygens (including phenoxy) is 3. The molecule has 0 saturated carbocycles. The number of rotatable bonds is 4. The quantitative estimate of drug-likeness (QED) is 0.844. The summed E-state index contributed by atoms with van der Waals surface area (Å²) in [5.74, 6) is 1.77. The van der Waals surface area contributed by atoms with Gasteiger partial charge in [0.15, 0.2) is 5.78 Å². The fraction of sp³-hybridized carbons (Fsp3) is 0.562. The van der Waals surface area contributed by atoms with Gasteiger partial charge in [0, 0.05) is 12.1 Å². The molecule has 0 amide bonds. The number of benzene rings is 1. The van der Waals surface area contributed by atoms with Crippen LogP contribution in [0.25, 0.3) is 0 Å².